The van der Waals surface area contributed by atoms with E-state index in [2.05, 4.69) is 35.0 Å². The van der Waals surface area contributed by atoms with Gasteiger partial charge in [-0.3, -0.25) is 14.7 Å². The minimum atomic E-state index is -0.666. The van der Waals surface area contributed by atoms with Gasteiger partial charge < -0.3 is 9.84 Å². The van der Waals surface area contributed by atoms with Gasteiger partial charge in [0.25, 0.3) is 0 Å². The maximum Gasteiger partial charge on any atom is 0.308 e. The normalized spacial score (nSPS) is 19.9. The Morgan fingerprint density at radius 2 is 2.06 bits per heavy atom. The number of hydrogen-bond donors (Lipinski definition) is 1. The first-order chi connectivity index (χ1) is 16.0. The third-order valence-corrected chi connectivity index (χ3v) is 7.91. The monoisotopic (exact) mass is 464 g/mol. The molecule has 1 aliphatic rings. The molecule has 0 aliphatic carbocycles. The molecule has 1 saturated heterocycles. The van der Waals surface area contributed by atoms with Gasteiger partial charge >= 0.3 is 5.97 Å². The van der Waals surface area contributed by atoms with Crippen molar-refractivity contribution in [3.8, 4) is 5.75 Å². The van der Waals surface area contributed by atoms with Crippen molar-refractivity contribution in [1.29, 1.82) is 0 Å². The first-order valence-electron chi connectivity index (χ1n) is 11.7. The summed E-state index contributed by atoms with van der Waals surface area (Å²) in [6.07, 6.45) is 5.60. The lowest BCUT2D eigenvalue weighted by atomic mass is 9.81. The highest BCUT2D eigenvalue weighted by atomic mass is 32.2. The zero-order valence-corrected chi connectivity index (χ0v) is 20.1. The molecular formula is C27H32N2O3S. The van der Waals surface area contributed by atoms with Gasteiger partial charge in [0.15, 0.2) is 0 Å². The number of fused-ring (bicyclic) bond motifs is 1. The van der Waals surface area contributed by atoms with Crippen LogP contribution in [0, 0.1) is 11.8 Å². The number of aromatic nitrogens is 1. The second-order valence-corrected chi connectivity index (χ2v) is 10.2. The molecule has 33 heavy (non-hydrogen) atoms. The Morgan fingerprint density at radius 3 is 2.82 bits per heavy atom. The van der Waals surface area contributed by atoms with E-state index in [9.17, 15) is 9.90 Å². The van der Waals surface area contributed by atoms with Crippen molar-refractivity contribution >= 4 is 28.6 Å². The van der Waals surface area contributed by atoms with Crippen molar-refractivity contribution in [2.75, 3.05) is 20.2 Å². The summed E-state index contributed by atoms with van der Waals surface area (Å²) in [7, 11) is 1.68. The van der Waals surface area contributed by atoms with E-state index in [1.165, 1.54) is 10.5 Å². The van der Waals surface area contributed by atoms with Gasteiger partial charge in [0.1, 0.15) is 5.75 Å². The molecule has 5 nitrogen and oxygen atoms in total. The summed E-state index contributed by atoms with van der Waals surface area (Å²) in [6, 6.07) is 18.4. The Bertz CT molecular complexity index is 1080. The number of ether oxygens (including phenoxy) is 1. The van der Waals surface area contributed by atoms with E-state index in [-0.39, 0.29) is 17.2 Å². The lowest BCUT2D eigenvalue weighted by Gasteiger charge is -2.39. The van der Waals surface area contributed by atoms with E-state index in [0.717, 1.165) is 48.9 Å². The smallest absolute Gasteiger partial charge is 0.308 e. The lowest BCUT2D eigenvalue weighted by Crippen LogP contribution is -2.46. The van der Waals surface area contributed by atoms with Crippen LogP contribution in [-0.4, -0.2) is 46.5 Å². The van der Waals surface area contributed by atoms with Gasteiger partial charge in [-0.25, -0.2) is 0 Å². The number of carbonyl (C=O) groups is 1. The van der Waals surface area contributed by atoms with Crippen molar-refractivity contribution in [2.24, 2.45) is 11.8 Å². The molecule has 0 radical (unpaired) electrons. The Balaban J connectivity index is 1.36. The molecule has 6 heteroatoms. The van der Waals surface area contributed by atoms with E-state index in [1.54, 1.807) is 18.9 Å². The van der Waals surface area contributed by atoms with Crippen LogP contribution in [0.15, 0.2) is 65.7 Å². The summed E-state index contributed by atoms with van der Waals surface area (Å²) in [4.78, 5) is 20.1. The standard InChI is InChI=1S/C27H32N2O3S/c1-19(33-23-9-4-3-5-10-23)29-16-14-21(25(18-29)27(30)31)8-6-7-20-13-15-28-26-12-11-22(32-2)17-24(20)26/h3-5,9-13,15,17,19,21,25H,6-8,14,16,18H2,1-2H3,(H,30,31)/t19?,21-,25+/m1/s1. The highest BCUT2D eigenvalue weighted by Gasteiger charge is 2.35. The highest BCUT2D eigenvalue weighted by molar-refractivity contribution is 7.99. The van der Waals surface area contributed by atoms with Crippen LogP contribution in [-0.2, 0) is 11.2 Å². The third-order valence-electron chi connectivity index (χ3n) is 6.73. The maximum atomic E-state index is 12.1. The molecule has 1 aromatic heterocycles. The molecule has 1 fully saturated rings. The predicted molar refractivity (Wildman–Crippen MR) is 134 cm³/mol. The highest BCUT2D eigenvalue weighted by Crippen LogP contribution is 2.34. The topological polar surface area (TPSA) is 62.7 Å². The number of pyridine rings is 1. The summed E-state index contributed by atoms with van der Waals surface area (Å²) >= 11 is 1.80. The number of aliphatic carboxylic acids is 1. The quantitative estimate of drug-likeness (QED) is 0.408. The summed E-state index contributed by atoms with van der Waals surface area (Å²) in [5.74, 6) is 0.0698. The van der Waals surface area contributed by atoms with Crippen molar-refractivity contribution in [3.05, 3.63) is 66.4 Å². The number of piperidine rings is 1. The Labute approximate surface area is 200 Å². The zero-order chi connectivity index (χ0) is 23.2. The van der Waals surface area contributed by atoms with Gasteiger partial charge in [-0.1, -0.05) is 18.2 Å². The number of carboxylic acids is 1. The van der Waals surface area contributed by atoms with E-state index in [0.29, 0.717) is 6.54 Å². The fraction of sp³-hybridized carbons (Fsp3) is 0.407. The number of hydrogen-bond acceptors (Lipinski definition) is 5. The van der Waals surface area contributed by atoms with Crippen LogP contribution in [0.4, 0.5) is 0 Å². The van der Waals surface area contributed by atoms with Crippen LogP contribution in [0.25, 0.3) is 10.9 Å². The van der Waals surface area contributed by atoms with Crippen LogP contribution in [0.2, 0.25) is 0 Å². The number of nitrogens with zero attached hydrogens (tertiary/aromatic N) is 2. The van der Waals surface area contributed by atoms with E-state index in [1.807, 2.05) is 42.6 Å². The predicted octanol–water partition coefficient (Wildman–Crippen LogP) is 5.73. The average Bonchev–Trinajstić information content (AvgIpc) is 2.84. The number of thioether (sulfide) groups is 1. The molecule has 174 valence electrons. The Morgan fingerprint density at radius 1 is 1.24 bits per heavy atom. The van der Waals surface area contributed by atoms with Crippen LogP contribution in [0.3, 0.4) is 0 Å². The van der Waals surface area contributed by atoms with Crippen molar-refractivity contribution in [1.82, 2.24) is 9.88 Å². The minimum absolute atomic E-state index is 0.218. The molecule has 0 spiro atoms. The minimum Gasteiger partial charge on any atom is -0.497 e. The molecular weight excluding hydrogens is 432 g/mol. The van der Waals surface area contributed by atoms with Gasteiger partial charge in [0, 0.05) is 23.0 Å². The second-order valence-electron chi connectivity index (χ2n) is 8.76. The van der Waals surface area contributed by atoms with E-state index < -0.39 is 5.97 Å². The molecule has 3 aromatic rings. The number of benzene rings is 2. The first kappa shape index (κ1) is 23.6. The largest absolute Gasteiger partial charge is 0.497 e. The second kappa shape index (κ2) is 11.0. The molecule has 1 N–H and O–H groups in total. The number of carboxylic acid groups (broad SMARTS) is 1. The maximum absolute atomic E-state index is 12.1. The summed E-state index contributed by atoms with van der Waals surface area (Å²) in [5.41, 5.74) is 2.21. The molecule has 0 amide bonds. The molecule has 0 bridgehead atoms. The van der Waals surface area contributed by atoms with Gasteiger partial charge in [0.2, 0.25) is 0 Å². The van der Waals surface area contributed by atoms with Gasteiger partial charge in [-0.2, -0.15) is 0 Å². The van der Waals surface area contributed by atoms with Crippen LogP contribution in [0.1, 0.15) is 31.7 Å². The molecule has 0 saturated carbocycles. The first-order valence-corrected chi connectivity index (χ1v) is 12.5. The summed E-state index contributed by atoms with van der Waals surface area (Å²) in [6.45, 7) is 3.75. The number of aryl methyl sites for hydroxylation is 1. The SMILES string of the molecule is COc1ccc2nccc(CCC[C@@H]3CCN(C(C)Sc4ccccc4)C[C@@H]3C(=O)O)c2c1. The molecule has 1 unspecified atom stereocenters. The van der Waals surface area contributed by atoms with E-state index in [4.69, 9.17) is 4.74 Å². The molecule has 2 aromatic carbocycles. The van der Waals surface area contributed by atoms with Crippen molar-refractivity contribution in [3.63, 3.8) is 0 Å². The Hall–Kier alpha value is -2.57. The fourth-order valence-corrected chi connectivity index (χ4v) is 5.88. The van der Waals surface area contributed by atoms with Gasteiger partial charge in [-0.05, 0) is 87.0 Å². The number of likely N-dealkylation sites (tertiary alicyclic amines) is 1. The van der Waals surface area contributed by atoms with Gasteiger partial charge in [-0.15, -0.1) is 11.8 Å². The lowest BCUT2D eigenvalue weighted by molar-refractivity contribution is -0.146. The molecule has 2 heterocycles. The van der Waals surface area contributed by atoms with Crippen LogP contribution >= 0.6 is 11.8 Å². The number of methoxy groups -OCH3 is 1. The average molecular weight is 465 g/mol. The molecule has 3 atom stereocenters. The Kier molecular flexibility index (Phi) is 7.89. The number of rotatable bonds is 9. The summed E-state index contributed by atoms with van der Waals surface area (Å²) in [5, 5.41) is 11.3. The van der Waals surface area contributed by atoms with E-state index >= 15 is 0 Å². The van der Waals surface area contributed by atoms with Crippen molar-refractivity contribution < 1.29 is 14.6 Å². The fourth-order valence-electron chi connectivity index (χ4n) is 4.83. The van der Waals surface area contributed by atoms with Crippen molar-refractivity contribution in [2.45, 2.75) is 42.9 Å². The summed E-state index contributed by atoms with van der Waals surface area (Å²) < 4.78 is 5.38. The van der Waals surface area contributed by atoms with Crippen LogP contribution in [0.5, 0.6) is 5.75 Å². The molecule has 1 aliphatic heterocycles. The zero-order valence-electron chi connectivity index (χ0n) is 19.3. The third kappa shape index (κ3) is 5.87. The molecule has 4 rings (SSSR count). The van der Waals surface area contributed by atoms with Gasteiger partial charge in [0.05, 0.1) is 23.9 Å². The van der Waals surface area contributed by atoms with Crippen LogP contribution < -0.4 is 4.74 Å².